The highest BCUT2D eigenvalue weighted by Gasteiger charge is 2.24. The highest BCUT2D eigenvalue weighted by atomic mass is 35.5. The Hall–Kier alpha value is -2.11. The molecule has 1 fully saturated rings. The van der Waals surface area contributed by atoms with Crippen LogP contribution in [0.3, 0.4) is 0 Å². The van der Waals surface area contributed by atoms with Gasteiger partial charge >= 0.3 is 0 Å². The standard InChI is InChI=1S/C22H28ClN3O2/c1-22(2,3)19-12-20(26-17-6-4-5-16(23)11-17)24-14-18(19)21(27)25-13-15-7-9-28-10-8-15/h4-6,11-12,14-15H,7-10,13H2,1-3H3,(H,24,26)(H,25,27). The molecule has 0 atom stereocenters. The van der Waals surface area contributed by atoms with Gasteiger partial charge in [-0.2, -0.15) is 0 Å². The smallest absolute Gasteiger partial charge is 0.253 e. The third-order valence-electron chi connectivity index (χ3n) is 4.95. The number of amides is 1. The lowest BCUT2D eigenvalue weighted by Crippen LogP contribution is -2.33. The van der Waals surface area contributed by atoms with E-state index in [2.05, 4.69) is 36.4 Å². The van der Waals surface area contributed by atoms with Crippen LogP contribution in [-0.2, 0) is 10.2 Å². The minimum absolute atomic E-state index is 0.0711. The van der Waals surface area contributed by atoms with Gasteiger partial charge in [-0.05, 0) is 54.0 Å². The maximum absolute atomic E-state index is 12.8. The van der Waals surface area contributed by atoms with Crippen LogP contribution in [0.15, 0.2) is 36.5 Å². The Balaban J connectivity index is 1.77. The molecule has 1 aliphatic rings. The van der Waals surface area contributed by atoms with Crippen LogP contribution in [0.4, 0.5) is 11.5 Å². The van der Waals surface area contributed by atoms with Crippen molar-refractivity contribution in [2.45, 2.75) is 39.0 Å². The molecule has 2 heterocycles. The van der Waals surface area contributed by atoms with E-state index in [9.17, 15) is 4.79 Å². The molecule has 1 aliphatic heterocycles. The molecular weight excluding hydrogens is 374 g/mol. The maximum Gasteiger partial charge on any atom is 0.253 e. The zero-order chi connectivity index (χ0) is 20.1. The first-order valence-electron chi connectivity index (χ1n) is 9.72. The molecule has 0 unspecified atom stereocenters. The lowest BCUT2D eigenvalue weighted by Gasteiger charge is -2.25. The molecule has 5 nitrogen and oxygen atoms in total. The van der Waals surface area contributed by atoms with Gasteiger partial charge in [0, 0.05) is 36.7 Å². The Morgan fingerprint density at radius 3 is 2.68 bits per heavy atom. The van der Waals surface area contributed by atoms with Gasteiger partial charge in [0.05, 0.1) is 5.56 Å². The van der Waals surface area contributed by atoms with Crippen molar-refractivity contribution in [1.82, 2.24) is 10.3 Å². The van der Waals surface area contributed by atoms with Crippen molar-refractivity contribution < 1.29 is 9.53 Å². The molecule has 28 heavy (non-hydrogen) atoms. The molecule has 0 radical (unpaired) electrons. The van der Waals surface area contributed by atoms with E-state index in [0.29, 0.717) is 28.9 Å². The van der Waals surface area contributed by atoms with Gasteiger partial charge in [0.15, 0.2) is 0 Å². The second kappa shape index (κ2) is 8.93. The Morgan fingerprint density at radius 1 is 1.25 bits per heavy atom. The fraction of sp³-hybridized carbons (Fsp3) is 0.455. The number of nitrogens with zero attached hydrogens (tertiary/aromatic N) is 1. The first-order chi connectivity index (χ1) is 13.3. The fourth-order valence-corrected chi connectivity index (χ4v) is 3.51. The minimum Gasteiger partial charge on any atom is -0.381 e. The molecule has 150 valence electrons. The third-order valence-corrected chi connectivity index (χ3v) is 5.18. The zero-order valence-electron chi connectivity index (χ0n) is 16.7. The van der Waals surface area contributed by atoms with Crippen LogP contribution in [0.25, 0.3) is 0 Å². The summed E-state index contributed by atoms with van der Waals surface area (Å²) < 4.78 is 5.39. The van der Waals surface area contributed by atoms with Gasteiger partial charge in [0.1, 0.15) is 5.82 Å². The monoisotopic (exact) mass is 401 g/mol. The number of pyridine rings is 1. The second-order valence-corrected chi connectivity index (χ2v) is 8.70. The summed E-state index contributed by atoms with van der Waals surface area (Å²) in [6, 6.07) is 9.43. The van der Waals surface area contributed by atoms with Crippen molar-refractivity contribution in [1.29, 1.82) is 0 Å². The number of aromatic nitrogens is 1. The van der Waals surface area contributed by atoms with E-state index in [1.165, 1.54) is 0 Å². The summed E-state index contributed by atoms with van der Waals surface area (Å²) in [7, 11) is 0. The van der Waals surface area contributed by atoms with Crippen LogP contribution in [0.1, 0.15) is 49.5 Å². The van der Waals surface area contributed by atoms with E-state index in [1.54, 1.807) is 6.20 Å². The van der Waals surface area contributed by atoms with Crippen molar-refractivity contribution in [2.24, 2.45) is 5.92 Å². The lowest BCUT2D eigenvalue weighted by atomic mass is 9.84. The summed E-state index contributed by atoms with van der Waals surface area (Å²) in [5, 5.41) is 7.01. The Kier molecular flexibility index (Phi) is 6.57. The summed E-state index contributed by atoms with van der Waals surface area (Å²) >= 11 is 6.06. The molecule has 2 aromatic rings. The third kappa shape index (κ3) is 5.46. The molecule has 6 heteroatoms. The molecule has 1 saturated heterocycles. The molecule has 1 amide bonds. The van der Waals surface area contributed by atoms with Crippen LogP contribution in [0, 0.1) is 5.92 Å². The molecule has 0 bridgehead atoms. The van der Waals surface area contributed by atoms with E-state index >= 15 is 0 Å². The fourth-order valence-electron chi connectivity index (χ4n) is 3.32. The van der Waals surface area contributed by atoms with Gasteiger partial charge in [-0.25, -0.2) is 4.98 Å². The summed E-state index contributed by atoms with van der Waals surface area (Å²) in [5.74, 6) is 1.10. The van der Waals surface area contributed by atoms with Crippen LogP contribution in [0.5, 0.6) is 0 Å². The predicted molar refractivity (Wildman–Crippen MR) is 114 cm³/mol. The van der Waals surface area contributed by atoms with Gasteiger partial charge in [0.2, 0.25) is 0 Å². The van der Waals surface area contributed by atoms with E-state index in [0.717, 1.165) is 37.3 Å². The van der Waals surface area contributed by atoms with Crippen molar-refractivity contribution in [2.75, 3.05) is 25.1 Å². The minimum atomic E-state index is -0.195. The Morgan fingerprint density at radius 2 is 2.00 bits per heavy atom. The van der Waals surface area contributed by atoms with Gasteiger partial charge in [-0.15, -0.1) is 0 Å². The van der Waals surface area contributed by atoms with E-state index in [4.69, 9.17) is 16.3 Å². The maximum atomic E-state index is 12.8. The van der Waals surface area contributed by atoms with Gasteiger partial charge in [-0.3, -0.25) is 4.79 Å². The molecule has 0 saturated carbocycles. The van der Waals surface area contributed by atoms with Gasteiger partial charge in [-0.1, -0.05) is 38.4 Å². The lowest BCUT2D eigenvalue weighted by molar-refractivity contribution is 0.0642. The quantitative estimate of drug-likeness (QED) is 0.745. The number of carbonyl (C=O) groups is 1. The first kappa shape index (κ1) is 20.6. The molecule has 1 aromatic heterocycles. The zero-order valence-corrected chi connectivity index (χ0v) is 17.5. The van der Waals surface area contributed by atoms with E-state index < -0.39 is 0 Å². The first-order valence-corrected chi connectivity index (χ1v) is 10.1. The van der Waals surface area contributed by atoms with Crippen LogP contribution >= 0.6 is 11.6 Å². The normalized spacial score (nSPS) is 15.3. The summed E-state index contributed by atoms with van der Waals surface area (Å²) in [5.41, 5.74) is 2.24. The van der Waals surface area contributed by atoms with Crippen LogP contribution < -0.4 is 10.6 Å². The topological polar surface area (TPSA) is 63.2 Å². The van der Waals surface area contributed by atoms with Gasteiger partial charge in [0.25, 0.3) is 5.91 Å². The van der Waals surface area contributed by atoms with Crippen LogP contribution in [-0.4, -0.2) is 30.6 Å². The number of nitrogens with one attached hydrogen (secondary N) is 2. The number of halogens is 1. The largest absolute Gasteiger partial charge is 0.381 e. The average molecular weight is 402 g/mol. The van der Waals surface area contributed by atoms with E-state index in [1.807, 2.05) is 30.3 Å². The average Bonchev–Trinajstić information content (AvgIpc) is 2.66. The molecule has 0 aliphatic carbocycles. The highest BCUT2D eigenvalue weighted by molar-refractivity contribution is 6.30. The van der Waals surface area contributed by atoms with E-state index in [-0.39, 0.29) is 11.3 Å². The van der Waals surface area contributed by atoms with Crippen molar-refractivity contribution in [3.05, 3.63) is 52.7 Å². The Bertz CT molecular complexity index is 827. The van der Waals surface area contributed by atoms with Crippen molar-refractivity contribution in [3.63, 3.8) is 0 Å². The van der Waals surface area contributed by atoms with Crippen molar-refractivity contribution >= 4 is 29.0 Å². The molecule has 2 N–H and O–H groups in total. The number of carbonyl (C=O) groups excluding carboxylic acids is 1. The predicted octanol–water partition coefficient (Wildman–Crippen LogP) is 4.93. The van der Waals surface area contributed by atoms with Crippen molar-refractivity contribution in [3.8, 4) is 0 Å². The number of hydrogen-bond donors (Lipinski definition) is 2. The van der Waals surface area contributed by atoms with Gasteiger partial charge < -0.3 is 15.4 Å². The molecule has 0 spiro atoms. The number of anilines is 2. The number of hydrogen-bond acceptors (Lipinski definition) is 4. The number of rotatable bonds is 5. The second-order valence-electron chi connectivity index (χ2n) is 8.27. The Labute approximate surface area is 171 Å². The SMILES string of the molecule is CC(C)(C)c1cc(Nc2cccc(Cl)c2)ncc1C(=O)NCC1CCOCC1. The summed E-state index contributed by atoms with van der Waals surface area (Å²) in [6.07, 6.45) is 3.65. The molecule has 1 aromatic carbocycles. The van der Waals surface area contributed by atoms with Crippen LogP contribution in [0.2, 0.25) is 5.02 Å². The number of benzene rings is 1. The summed E-state index contributed by atoms with van der Waals surface area (Å²) in [6.45, 7) is 8.52. The number of ether oxygens (including phenoxy) is 1. The summed E-state index contributed by atoms with van der Waals surface area (Å²) in [4.78, 5) is 17.3. The molecular formula is C22H28ClN3O2. The highest BCUT2D eigenvalue weighted by Crippen LogP contribution is 2.29. The molecule has 3 rings (SSSR count).